The van der Waals surface area contributed by atoms with Gasteiger partial charge in [-0.25, -0.2) is 4.79 Å². The lowest BCUT2D eigenvalue weighted by Crippen LogP contribution is -2.43. The van der Waals surface area contributed by atoms with Crippen LogP contribution in [0.2, 0.25) is 0 Å². The molecule has 106 valence electrons. The average Bonchev–Trinajstić information content (AvgIpc) is 2.81. The Balaban J connectivity index is 2.48. The highest BCUT2D eigenvalue weighted by Crippen LogP contribution is 2.11. The zero-order chi connectivity index (χ0) is 14.3. The summed E-state index contributed by atoms with van der Waals surface area (Å²) in [6, 6.07) is 3.37. The Hall–Kier alpha value is -1.56. The summed E-state index contributed by atoms with van der Waals surface area (Å²) in [6.07, 6.45) is 1.48. The highest BCUT2D eigenvalue weighted by molar-refractivity contribution is 7.09. The summed E-state index contributed by atoms with van der Waals surface area (Å²) < 4.78 is 0. The molecule has 2 amide bonds. The molecule has 5 nitrogen and oxygen atoms in total. The number of carbonyl (C=O) groups excluding carboxylic acids is 1. The molecule has 1 rings (SSSR count). The molecular formula is C13H20N2O3S. The maximum atomic E-state index is 12.0. The summed E-state index contributed by atoms with van der Waals surface area (Å²) in [6.45, 7) is 2.51. The van der Waals surface area contributed by atoms with Crippen molar-refractivity contribution in [1.82, 2.24) is 10.2 Å². The lowest BCUT2D eigenvalue weighted by molar-refractivity contribution is -0.137. The topological polar surface area (TPSA) is 69.6 Å². The minimum absolute atomic E-state index is 0.0353. The summed E-state index contributed by atoms with van der Waals surface area (Å²) in [5.74, 6) is -0.889. The van der Waals surface area contributed by atoms with Crippen molar-refractivity contribution >= 4 is 23.3 Å². The van der Waals surface area contributed by atoms with Gasteiger partial charge in [0, 0.05) is 18.0 Å². The number of nitrogens with one attached hydrogen (secondary N) is 1. The molecule has 1 aromatic heterocycles. The maximum absolute atomic E-state index is 12.0. The van der Waals surface area contributed by atoms with E-state index < -0.39 is 5.97 Å². The van der Waals surface area contributed by atoms with Crippen molar-refractivity contribution in [1.29, 1.82) is 0 Å². The number of carboxylic acid groups (broad SMARTS) is 1. The third-order valence-electron chi connectivity index (χ3n) is 2.71. The molecule has 0 fully saturated rings. The van der Waals surface area contributed by atoms with Crippen molar-refractivity contribution < 1.29 is 14.7 Å². The van der Waals surface area contributed by atoms with Gasteiger partial charge in [0.25, 0.3) is 0 Å². The highest BCUT2D eigenvalue weighted by atomic mass is 32.1. The first-order valence-electron chi connectivity index (χ1n) is 6.28. The van der Waals surface area contributed by atoms with Crippen LogP contribution >= 0.6 is 11.3 Å². The van der Waals surface area contributed by atoms with Crippen LogP contribution in [0.5, 0.6) is 0 Å². The van der Waals surface area contributed by atoms with E-state index in [2.05, 4.69) is 5.32 Å². The van der Waals surface area contributed by atoms with E-state index >= 15 is 0 Å². The van der Waals surface area contributed by atoms with Crippen LogP contribution in [0.15, 0.2) is 17.5 Å². The van der Waals surface area contributed by atoms with Gasteiger partial charge < -0.3 is 15.3 Å². The smallest absolute Gasteiger partial charge is 0.317 e. The molecule has 0 aromatic carbocycles. The Labute approximate surface area is 117 Å². The number of urea groups is 1. The zero-order valence-electron chi connectivity index (χ0n) is 11.3. The number of hydrogen-bond acceptors (Lipinski definition) is 3. The van der Waals surface area contributed by atoms with Crippen LogP contribution in [0.3, 0.4) is 0 Å². The molecule has 2 N–H and O–H groups in total. The van der Waals surface area contributed by atoms with E-state index in [-0.39, 0.29) is 18.5 Å². The van der Waals surface area contributed by atoms with Crippen LogP contribution in [0, 0.1) is 0 Å². The maximum Gasteiger partial charge on any atom is 0.317 e. The van der Waals surface area contributed by atoms with Gasteiger partial charge in [0.1, 0.15) is 0 Å². The minimum Gasteiger partial charge on any atom is -0.481 e. The molecule has 0 radical (unpaired) electrons. The summed E-state index contributed by atoms with van der Waals surface area (Å²) in [5, 5.41) is 13.5. The van der Waals surface area contributed by atoms with Crippen molar-refractivity contribution in [2.24, 2.45) is 0 Å². The minimum atomic E-state index is -0.889. The Morgan fingerprint density at radius 1 is 1.53 bits per heavy atom. The average molecular weight is 284 g/mol. The van der Waals surface area contributed by atoms with E-state index in [4.69, 9.17) is 5.11 Å². The second kappa shape index (κ2) is 7.78. The van der Waals surface area contributed by atoms with E-state index in [0.29, 0.717) is 13.0 Å². The molecule has 0 aliphatic rings. The molecule has 1 unspecified atom stereocenters. The van der Waals surface area contributed by atoms with Gasteiger partial charge in [-0.05, 0) is 17.9 Å². The number of aliphatic carboxylic acids is 1. The number of carboxylic acids is 1. The summed E-state index contributed by atoms with van der Waals surface area (Å²) in [4.78, 5) is 25.4. The van der Waals surface area contributed by atoms with Gasteiger partial charge in [-0.2, -0.15) is 0 Å². The van der Waals surface area contributed by atoms with Gasteiger partial charge in [0.05, 0.1) is 13.0 Å². The molecular weight excluding hydrogens is 264 g/mol. The monoisotopic (exact) mass is 284 g/mol. The van der Waals surface area contributed by atoms with Crippen molar-refractivity contribution in [2.75, 3.05) is 7.05 Å². The highest BCUT2D eigenvalue weighted by Gasteiger charge is 2.17. The lowest BCUT2D eigenvalue weighted by atomic mass is 10.1. The molecule has 0 saturated carbocycles. The summed E-state index contributed by atoms with van der Waals surface area (Å²) >= 11 is 1.59. The van der Waals surface area contributed by atoms with E-state index in [0.717, 1.165) is 11.3 Å². The fourth-order valence-corrected chi connectivity index (χ4v) is 2.53. The second-order valence-electron chi connectivity index (χ2n) is 4.47. The number of thiophene rings is 1. The quantitative estimate of drug-likeness (QED) is 0.808. The number of carbonyl (C=O) groups is 2. The van der Waals surface area contributed by atoms with Gasteiger partial charge in [-0.15, -0.1) is 11.3 Å². The first-order valence-corrected chi connectivity index (χ1v) is 7.16. The number of amides is 2. The molecule has 0 bridgehead atoms. The summed E-state index contributed by atoms with van der Waals surface area (Å²) in [7, 11) is 1.71. The van der Waals surface area contributed by atoms with Crippen LogP contribution in [-0.4, -0.2) is 35.1 Å². The number of nitrogens with zero attached hydrogens (tertiary/aromatic N) is 1. The fraction of sp³-hybridized carbons (Fsp3) is 0.538. The Morgan fingerprint density at radius 3 is 2.79 bits per heavy atom. The van der Waals surface area contributed by atoms with Crippen LogP contribution < -0.4 is 5.32 Å². The Kier molecular flexibility index (Phi) is 6.35. The second-order valence-corrected chi connectivity index (χ2v) is 5.50. The van der Waals surface area contributed by atoms with Gasteiger partial charge in [0.15, 0.2) is 0 Å². The van der Waals surface area contributed by atoms with Crippen molar-refractivity contribution in [3.05, 3.63) is 22.4 Å². The third-order valence-corrected chi connectivity index (χ3v) is 3.57. The molecule has 0 aliphatic heterocycles. The first kappa shape index (κ1) is 15.5. The van der Waals surface area contributed by atoms with Crippen LogP contribution in [0.1, 0.15) is 31.1 Å². The SMILES string of the molecule is CCCC(CC(=O)O)NC(=O)N(C)Cc1cccs1. The van der Waals surface area contributed by atoms with Gasteiger partial charge in [-0.1, -0.05) is 19.4 Å². The van der Waals surface area contributed by atoms with E-state index in [1.54, 1.807) is 23.3 Å². The lowest BCUT2D eigenvalue weighted by Gasteiger charge is -2.22. The molecule has 0 aliphatic carbocycles. The van der Waals surface area contributed by atoms with E-state index in [1.165, 1.54) is 0 Å². The fourth-order valence-electron chi connectivity index (χ4n) is 1.78. The molecule has 1 aromatic rings. The molecule has 1 atom stereocenters. The molecule has 6 heteroatoms. The van der Waals surface area contributed by atoms with Crippen molar-refractivity contribution in [3.8, 4) is 0 Å². The van der Waals surface area contributed by atoms with E-state index in [9.17, 15) is 9.59 Å². The predicted molar refractivity (Wildman–Crippen MR) is 75.3 cm³/mol. The zero-order valence-corrected chi connectivity index (χ0v) is 12.1. The number of rotatable bonds is 7. The van der Waals surface area contributed by atoms with Gasteiger partial charge >= 0.3 is 12.0 Å². The van der Waals surface area contributed by atoms with Crippen molar-refractivity contribution in [2.45, 2.75) is 38.8 Å². The Bertz CT molecular complexity index is 406. The number of hydrogen-bond donors (Lipinski definition) is 2. The normalized spacial score (nSPS) is 11.9. The first-order chi connectivity index (χ1) is 9.02. The van der Waals surface area contributed by atoms with E-state index in [1.807, 2.05) is 24.4 Å². The molecule has 1 heterocycles. The van der Waals surface area contributed by atoms with Crippen LogP contribution in [-0.2, 0) is 11.3 Å². The molecule has 0 saturated heterocycles. The van der Waals surface area contributed by atoms with Crippen molar-refractivity contribution in [3.63, 3.8) is 0 Å². The van der Waals surface area contributed by atoms with Gasteiger partial charge in [0.2, 0.25) is 0 Å². The predicted octanol–water partition coefficient (Wildman–Crippen LogP) is 2.53. The standard InChI is InChI=1S/C13H20N2O3S/c1-3-5-10(8-12(16)17)14-13(18)15(2)9-11-6-4-7-19-11/h4,6-7,10H,3,5,8-9H2,1-2H3,(H,14,18)(H,16,17). The summed E-state index contributed by atoms with van der Waals surface area (Å²) in [5.41, 5.74) is 0. The largest absolute Gasteiger partial charge is 0.481 e. The van der Waals surface area contributed by atoms with Crippen LogP contribution in [0.4, 0.5) is 4.79 Å². The van der Waals surface area contributed by atoms with Gasteiger partial charge in [-0.3, -0.25) is 4.79 Å². The molecule has 19 heavy (non-hydrogen) atoms. The Morgan fingerprint density at radius 2 is 2.26 bits per heavy atom. The van der Waals surface area contributed by atoms with Crippen LogP contribution in [0.25, 0.3) is 0 Å². The molecule has 0 spiro atoms. The third kappa shape index (κ3) is 5.74.